The van der Waals surface area contributed by atoms with Crippen LogP contribution >= 0.6 is 0 Å². The van der Waals surface area contributed by atoms with Crippen LogP contribution in [-0.2, 0) is 4.79 Å². The summed E-state index contributed by atoms with van der Waals surface area (Å²) >= 11 is 0. The van der Waals surface area contributed by atoms with Crippen molar-refractivity contribution in [2.24, 2.45) is 5.92 Å². The number of allylic oxidation sites excluding steroid dienone is 1. The first-order valence-electron chi connectivity index (χ1n) is 4.19. The Bertz CT molecular complexity index is 145. The van der Waals surface area contributed by atoms with Gasteiger partial charge in [0.15, 0.2) is 0 Å². The fraction of sp³-hybridized carbons (Fsp3) is 0.667. The normalized spacial score (nSPS) is 12.2. The highest BCUT2D eigenvalue weighted by molar-refractivity contribution is 5.78. The SMILES string of the molecule is C=CC[C@@H](CCCO)C(=O)NC. The number of carbonyl (C=O) groups excluding carboxylic acids is 1. The second kappa shape index (κ2) is 6.85. The second-order valence-electron chi connectivity index (χ2n) is 2.70. The van der Waals surface area contributed by atoms with Gasteiger partial charge >= 0.3 is 0 Å². The lowest BCUT2D eigenvalue weighted by Crippen LogP contribution is -2.27. The van der Waals surface area contributed by atoms with Gasteiger partial charge in [0.25, 0.3) is 0 Å². The molecule has 0 aromatic carbocycles. The first-order valence-corrected chi connectivity index (χ1v) is 4.19. The number of amides is 1. The summed E-state index contributed by atoms with van der Waals surface area (Å²) in [7, 11) is 1.62. The highest BCUT2D eigenvalue weighted by atomic mass is 16.3. The van der Waals surface area contributed by atoms with E-state index in [1.807, 2.05) is 0 Å². The Balaban J connectivity index is 3.84. The molecule has 3 heteroatoms. The third-order valence-corrected chi connectivity index (χ3v) is 1.78. The van der Waals surface area contributed by atoms with Crippen LogP contribution in [-0.4, -0.2) is 24.7 Å². The summed E-state index contributed by atoms with van der Waals surface area (Å²) in [6.45, 7) is 3.73. The molecule has 0 saturated carbocycles. The summed E-state index contributed by atoms with van der Waals surface area (Å²) in [6, 6.07) is 0. The Labute approximate surface area is 73.5 Å². The first-order chi connectivity index (χ1) is 5.76. The number of aliphatic hydroxyl groups excluding tert-OH is 1. The van der Waals surface area contributed by atoms with Gasteiger partial charge in [-0.15, -0.1) is 6.58 Å². The van der Waals surface area contributed by atoms with Gasteiger partial charge in [0.05, 0.1) is 0 Å². The number of rotatable bonds is 6. The van der Waals surface area contributed by atoms with Gasteiger partial charge in [-0.05, 0) is 19.3 Å². The fourth-order valence-electron chi connectivity index (χ4n) is 1.10. The van der Waals surface area contributed by atoms with Gasteiger partial charge in [0, 0.05) is 19.6 Å². The van der Waals surface area contributed by atoms with Crippen molar-refractivity contribution in [3.05, 3.63) is 12.7 Å². The molecule has 0 aliphatic carbocycles. The van der Waals surface area contributed by atoms with Crippen LogP contribution in [0.1, 0.15) is 19.3 Å². The van der Waals surface area contributed by atoms with E-state index in [2.05, 4.69) is 11.9 Å². The molecule has 0 bridgehead atoms. The molecule has 0 aliphatic heterocycles. The molecule has 0 saturated heterocycles. The third kappa shape index (κ3) is 4.13. The zero-order chi connectivity index (χ0) is 9.40. The van der Waals surface area contributed by atoms with E-state index in [9.17, 15) is 4.79 Å². The van der Waals surface area contributed by atoms with Gasteiger partial charge in [-0.3, -0.25) is 4.79 Å². The molecule has 2 N–H and O–H groups in total. The van der Waals surface area contributed by atoms with Crippen molar-refractivity contribution in [3.63, 3.8) is 0 Å². The minimum Gasteiger partial charge on any atom is -0.396 e. The number of carbonyl (C=O) groups is 1. The molecule has 0 aromatic heterocycles. The molecule has 0 radical (unpaired) electrons. The predicted molar refractivity (Wildman–Crippen MR) is 48.7 cm³/mol. The maximum Gasteiger partial charge on any atom is 0.223 e. The van der Waals surface area contributed by atoms with Gasteiger partial charge in [0.1, 0.15) is 0 Å². The minimum absolute atomic E-state index is 0.0281. The molecule has 0 aliphatic rings. The zero-order valence-corrected chi connectivity index (χ0v) is 7.55. The van der Waals surface area contributed by atoms with Crippen molar-refractivity contribution in [2.45, 2.75) is 19.3 Å². The van der Waals surface area contributed by atoms with Crippen LogP contribution in [0.3, 0.4) is 0 Å². The van der Waals surface area contributed by atoms with E-state index in [-0.39, 0.29) is 18.4 Å². The van der Waals surface area contributed by atoms with Crippen molar-refractivity contribution in [3.8, 4) is 0 Å². The number of nitrogens with one attached hydrogen (secondary N) is 1. The quantitative estimate of drug-likeness (QED) is 0.578. The van der Waals surface area contributed by atoms with E-state index in [1.54, 1.807) is 13.1 Å². The predicted octanol–water partition coefficient (Wildman–Crippen LogP) is 0.697. The highest BCUT2D eigenvalue weighted by Gasteiger charge is 2.14. The van der Waals surface area contributed by atoms with Crippen molar-refractivity contribution < 1.29 is 9.90 Å². The van der Waals surface area contributed by atoms with E-state index >= 15 is 0 Å². The van der Waals surface area contributed by atoms with E-state index in [0.717, 1.165) is 6.42 Å². The molecular weight excluding hydrogens is 154 g/mol. The highest BCUT2D eigenvalue weighted by Crippen LogP contribution is 2.11. The molecule has 0 heterocycles. The number of hydrogen-bond donors (Lipinski definition) is 2. The van der Waals surface area contributed by atoms with Crippen LogP contribution in [0.2, 0.25) is 0 Å². The fourth-order valence-corrected chi connectivity index (χ4v) is 1.10. The van der Waals surface area contributed by atoms with E-state index in [1.165, 1.54) is 0 Å². The number of hydrogen-bond acceptors (Lipinski definition) is 2. The maximum absolute atomic E-state index is 11.2. The summed E-state index contributed by atoms with van der Waals surface area (Å²) in [5.74, 6) is 0.00278. The van der Waals surface area contributed by atoms with Gasteiger partial charge < -0.3 is 10.4 Å². The van der Waals surface area contributed by atoms with E-state index in [4.69, 9.17) is 5.11 Å². The van der Waals surface area contributed by atoms with Gasteiger partial charge in [-0.25, -0.2) is 0 Å². The van der Waals surface area contributed by atoms with Crippen molar-refractivity contribution in [1.29, 1.82) is 0 Å². The third-order valence-electron chi connectivity index (χ3n) is 1.78. The molecule has 12 heavy (non-hydrogen) atoms. The Morgan fingerprint density at radius 1 is 1.75 bits per heavy atom. The van der Waals surface area contributed by atoms with Gasteiger partial charge in [-0.2, -0.15) is 0 Å². The Kier molecular flexibility index (Phi) is 6.38. The van der Waals surface area contributed by atoms with Gasteiger partial charge in [0.2, 0.25) is 5.91 Å². The largest absolute Gasteiger partial charge is 0.396 e. The Morgan fingerprint density at radius 2 is 2.42 bits per heavy atom. The summed E-state index contributed by atoms with van der Waals surface area (Å²) in [6.07, 6.45) is 3.81. The molecular formula is C9H17NO2. The standard InChI is InChI=1S/C9H17NO2/c1-3-5-8(6-4-7-11)9(12)10-2/h3,8,11H,1,4-7H2,2H3,(H,10,12)/t8-/m0/s1. The molecule has 1 amide bonds. The van der Waals surface area contributed by atoms with Crippen LogP contribution in [0.4, 0.5) is 0 Å². The van der Waals surface area contributed by atoms with Crippen LogP contribution < -0.4 is 5.32 Å². The van der Waals surface area contributed by atoms with Crippen LogP contribution in [0.5, 0.6) is 0 Å². The monoisotopic (exact) mass is 171 g/mol. The van der Waals surface area contributed by atoms with E-state index in [0.29, 0.717) is 12.8 Å². The summed E-state index contributed by atoms with van der Waals surface area (Å²) < 4.78 is 0. The average Bonchev–Trinajstić information content (AvgIpc) is 2.11. The van der Waals surface area contributed by atoms with Crippen molar-refractivity contribution >= 4 is 5.91 Å². The molecule has 0 unspecified atom stereocenters. The van der Waals surface area contributed by atoms with E-state index < -0.39 is 0 Å². The second-order valence-corrected chi connectivity index (χ2v) is 2.70. The summed E-state index contributed by atoms with van der Waals surface area (Å²) in [4.78, 5) is 11.2. The molecule has 1 atom stereocenters. The van der Waals surface area contributed by atoms with Crippen LogP contribution in [0, 0.1) is 5.92 Å². The lowest BCUT2D eigenvalue weighted by molar-refractivity contribution is -0.124. The summed E-state index contributed by atoms with van der Waals surface area (Å²) in [5, 5.41) is 11.2. The Morgan fingerprint density at radius 3 is 2.83 bits per heavy atom. The average molecular weight is 171 g/mol. The van der Waals surface area contributed by atoms with Gasteiger partial charge in [-0.1, -0.05) is 6.08 Å². The van der Waals surface area contributed by atoms with Crippen LogP contribution in [0.25, 0.3) is 0 Å². The molecule has 0 spiro atoms. The molecule has 70 valence electrons. The molecule has 3 nitrogen and oxygen atoms in total. The maximum atomic E-state index is 11.2. The first kappa shape index (κ1) is 11.2. The van der Waals surface area contributed by atoms with Crippen molar-refractivity contribution in [2.75, 3.05) is 13.7 Å². The smallest absolute Gasteiger partial charge is 0.223 e. The Hall–Kier alpha value is -0.830. The number of aliphatic hydroxyl groups is 1. The molecule has 0 aromatic rings. The minimum atomic E-state index is -0.0281. The summed E-state index contributed by atoms with van der Waals surface area (Å²) in [5.41, 5.74) is 0. The molecule has 0 fully saturated rings. The van der Waals surface area contributed by atoms with Crippen LogP contribution in [0.15, 0.2) is 12.7 Å². The lowest BCUT2D eigenvalue weighted by Gasteiger charge is -2.11. The zero-order valence-electron chi connectivity index (χ0n) is 7.55. The topological polar surface area (TPSA) is 49.3 Å². The lowest BCUT2D eigenvalue weighted by atomic mass is 9.99. The molecule has 0 rings (SSSR count). The van der Waals surface area contributed by atoms with Crippen molar-refractivity contribution in [1.82, 2.24) is 5.32 Å².